The van der Waals surface area contributed by atoms with Crippen molar-refractivity contribution in [3.05, 3.63) is 59.5 Å². The van der Waals surface area contributed by atoms with Crippen molar-refractivity contribution >= 4 is 17.5 Å². The second kappa shape index (κ2) is 7.36. The van der Waals surface area contributed by atoms with E-state index in [4.69, 9.17) is 4.42 Å². The van der Waals surface area contributed by atoms with E-state index in [1.807, 2.05) is 48.2 Å². The Balaban J connectivity index is 1.56. The van der Waals surface area contributed by atoms with E-state index in [2.05, 4.69) is 10.4 Å². The van der Waals surface area contributed by atoms with Crippen molar-refractivity contribution in [1.29, 1.82) is 0 Å². The number of furan rings is 1. The van der Waals surface area contributed by atoms with Gasteiger partial charge in [-0.25, -0.2) is 5.01 Å². The maximum absolute atomic E-state index is 13.0. The number of amides is 2. The molecule has 1 aromatic carbocycles. The number of aryl methyl sites for hydroxylation is 1. The highest BCUT2D eigenvalue weighted by Crippen LogP contribution is 2.33. The lowest BCUT2D eigenvalue weighted by Crippen LogP contribution is -2.50. The van der Waals surface area contributed by atoms with Gasteiger partial charge in [-0.05, 0) is 24.6 Å². The minimum Gasteiger partial charge on any atom is -0.467 e. The lowest BCUT2D eigenvalue weighted by Gasteiger charge is -2.28. The zero-order valence-corrected chi connectivity index (χ0v) is 15.2. The summed E-state index contributed by atoms with van der Waals surface area (Å²) in [6.45, 7) is 3.65. The predicted octanol–water partition coefficient (Wildman–Crippen LogP) is 1.70. The molecule has 0 spiro atoms. The molecule has 3 heterocycles. The summed E-state index contributed by atoms with van der Waals surface area (Å²) in [5.41, 5.74) is 3.04. The van der Waals surface area contributed by atoms with Crippen LogP contribution < -0.4 is 5.32 Å². The summed E-state index contributed by atoms with van der Waals surface area (Å²) in [7, 11) is 0. The highest BCUT2D eigenvalue weighted by molar-refractivity contribution is 6.03. The topological polar surface area (TPSA) is 78.2 Å². The normalized spacial score (nSPS) is 20.5. The van der Waals surface area contributed by atoms with Crippen LogP contribution in [0.3, 0.4) is 0 Å². The largest absolute Gasteiger partial charge is 0.467 e. The van der Waals surface area contributed by atoms with Gasteiger partial charge in [-0.15, -0.1) is 0 Å². The van der Waals surface area contributed by atoms with E-state index < -0.39 is 0 Å². The van der Waals surface area contributed by atoms with Crippen molar-refractivity contribution in [1.82, 2.24) is 15.2 Å². The number of hydrogen-bond donors (Lipinski definition) is 1. The first-order chi connectivity index (χ1) is 13.1. The molecule has 1 aromatic heterocycles. The highest BCUT2D eigenvalue weighted by atomic mass is 16.3. The predicted molar refractivity (Wildman–Crippen MR) is 100 cm³/mol. The summed E-state index contributed by atoms with van der Waals surface area (Å²) < 4.78 is 5.56. The SMILES string of the molecule is Cc1ccc(C2=NN(C(=O)CN3CCNC(=O)C3)[C@@H](c3ccco3)C2)cc1. The molecule has 2 aliphatic heterocycles. The molecule has 1 atom stereocenters. The van der Waals surface area contributed by atoms with Crippen LogP contribution in [0.4, 0.5) is 0 Å². The number of benzene rings is 1. The number of nitrogens with one attached hydrogen (secondary N) is 1. The lowest BCUT2D eigenvalue weighted by atomic mass is 10.0. The molecule has 2 amide bonds. The van der Waals surface area contributed by atoms with Crippen LogP contribution in [0, 0.1) is 6.92 Å². The molecular formula is C20H22N4O3. The zero-order valence-electron chi connectivity index (χ0n) is 15.2. The summed E-state index contributed by atoms with van der Waals surface area (Å²) in [6, 6.07) is 11.5. The Kier molecular flexibility index (Phi) is 4.77. The summed E-state index contributed by atoms with van der Waals surface area (Å²) >= 11 is 0. The maximum atomic E-state index is 13.0. The van der Waals surface area contributed by atoms with Crippen LogP contribution in [-0.2, 0) is 9.59 Å². The molecule has 7 nitrogen and oxygen atoms in total. The third-order valence-corrected chi connectivity index (χ3v) is 4.90. The maximum Gasteiger partial charge on any atom is 0.257 e. The van der Waals surface area contributed by atoms with Gasteiger partial charge >= 0.3 is 0 Å². The zero-order chi connectivity index (χ0) is 18.8. The van der Waals surface area contributed by atoms with E-state index in [1.165, 1.54) is 10.6 Å². The van der Waals surface area contributed by atoms with Crippen LogP contribution >= 0.6 is 0 Å². The monoisotopic (exact) mass is 366 g/mol. The van der Waals surface area contributed by atoms with Gasteiger partial charge in [0.05, 0.1) is 25.1 Å². The number of carbonyl (C=O) groups is 2. The van der Waals surface area contributed by atoms with E-state index >= 15 is 0 Å². The summed E-state index contributed by atoms with van der Waals surface area (Å²) in [4.78, 5) is 26.4. The van der Waals surface area contributed by atoms with Crippen molar-refractivity contribution < 1.29 is 14.0 Å². The molecule has 0 bridgehead atoms. The molecular weight excluding hydrogens is 344 g/mol. The van der Waals surface area contributed by atoms with E-state index in [1.54, 1.807) is 6.26 Å². The van der Waals surface area contributed by atoms with Gasteiger partial charge in [-0.1, -0.05) is 29.8 Å². The summed E-state index contributed by atoms with van der Waals surface area (Å²) in [5.74, 6) is 0.528. The molecule has 1 saturated heterocycles. The standard InChI is InChI=1S/C20H22N4O3/c1-14-4-6-15(7-5-14)16-11-17(18-3-2-10-27-18)24(22-16)20(26)13-23-9-8-21-19(25)12-23/h2-7,10,17H,8-9,11-13H2,1H3,(H,21,25)/t17-/m1/s1. The smallest absolute Gasteiger partial charge is 0.257 e. The van der Waals surface area contributed by atoms with Crippen molar-refractivity contribution in [2.24, 2.45) is 5.10 Å². The minimum absolute atomic E-state index is 0.0538. The van der Waals surface area contributed by atoms with Gasteiger partial charge in [-0.2, -0.15) is 5.10 Å². The van der Waals surface area contributed by atoms with Crippen LogP contribution in [0.25, 0.3) is 0 Å². The Morgan fingerprint density at radius 1 is 1.30 bits per heavy atom. The molecule has 1 fully saturated rings. The fourth-order valence-electron chi connectivity index (χ4n) is 3.45. The van der Waals surface area contributed by atoms with Crippen molar-refractivity contribution in [2.75, 3.05) is 26.2 Å². The third kappa shape index (κ3) is 3.78. The molecule has 0 saturated carbocycles. The fourth-order valence-corrected chi connectivity index (χ4v) is 3.45. The fraction of sp³-hybridized carbons (Fsp3) is 0.350. The van der Waals surface area contributed by atoms with Gasteiger partial charge in [-0.3, -0.25) is 14.5 Å². The van der Waals surface area contributed by atoms with Gasteiger partial charge in [0.25, 0.3) is 5.91 Å². The molecule has 1 N–H and O–H groups in total. The molecule has 4 rings (SSSR count). The van der Waals surface area contributed by atoms with Gasteiger partial charge in [0.1, 0.15) is 11.8 Å². The highest BCUT2D eigenvalue weighted by Gasteiger charge is 2.35. The van der Waals surface area contributed by atoms with Crippen LogP contribution in [-0.4, -0.2) is 53.6 Å². The molecule has 140 valence electrons. The van der Waals surface area contributed by atoms with Crippen molar-refractivity contribution in [3.8, 4) is 0 Å². The number of nitrogens with zero attached hydrogens (tertiary/aromatic N) is 3. The van der Waals surface area contributed by atoms with Gasteiger partial charge in [0.15, 0.2) is 0 Å². The van der Waals surface area contributed by atoms with Crippen LogP contribution in [0.15, 0.2) is 52.2 Å². The van der Waals surface area contributed by atoms with Gasteiger partial charge in [0, 0.05) is 19.5 Å². The number of hydrogen-bond acceptors (Lipinski definition) is 5. The number of carbonyl (C=O) groups excluding carboxylic acids is 2. The molecule has 2 aromatic rings. The van der Waals surface area contributed by atoms with Crippen LogP contribution in [0.5, 0.6) is 0 Å². The Morgan fingerprint density at radius 2 is 2.11 bits per heavy atom. The minimum atomic E-state index is -0.262. The first-order valence-electron chi connectivity index (χ1n) is 9.09. The first-order valence-corrected chi connectivity index (χ1v) is 9.09. The third-order valence-electron chi connectivity index (χ3n) is 4.90. The molecule has 7 heteroatoms. The Bertz CT molecular complexity index is 858. The molecule has 2 aliphatic rings. The Hall–Kier alpha value is -2.93. The average molecular weight is 366 g/mol. The summed E-state index contributed by atoms with van der Waals surface area (Å²) in [5, 5.41) is 8.91. The van der Waals surface area contributed by atoms with E-state index in [0.29, 0.717) is 25.3 Å². The van der Waals surface area contributed by atoms with E-state index in [0.717, 1.165) is 11.3 Å². The van der Waals surface area contributed by atoms with E-state index in [9.17, 15) is 9.59 Å². The average Bonchev–Trinajstić information content (AvgIpc) is 3.32. The molecule has 27 heavy (non-hydrogen) atoms. The second-order valence-electron chi connectivity index (χ2n) is 6.95. The lowest BCUT2D eigenvalue weighted by molar-refractivity contribution is -0.135. The summed E-state index contributed by atoms with van der Waals surface area (Å²) in [6.07, 6.45) is 2.21. The van der Waals surface area contributed by atoms with Crippen molar-refractivity contribution in [3.63, 3.8) is 0 Å². The molecule has 0 radical (unpaired) electrons. The number of rotatable bonds is 4. The molecule has 0 aliphatic carbocycles. The van der Waals surface area contributed by atoms with Gasteiger partial charge < -0.3 is 9.73 Å². The van der Waals surface area contributed by atoms with Crippen molar-refractivity contribution in [2.45, 2.75) is 19.4 Å². The Morgan fingerprint density at radius 3 is 2.81 bits per heavy atom. The quantitative estimate of drug-likeness (QED) is 0.893. The number of piperazine rings is 1. The first kappa shape index (κ1) is 17.5. The van der Waals surface area contributed by atoms with Gasteiger partial charge in [0.2, 0.25) is 5.91 Å². The van der Waals surface area contributed by atoms with Crippen LogP contribution in [0.1, 0.15) is 29.3 Å². The second-order valence-corrected chi connectivity index (χ2v) is 6.95. The molecule has 0 unspecified atom stereocenters. The Labute approximate surface area is 157 Å². The van der Waals surface area contributed by atoms with Crippen LogP contribution in [0.2, 0.25) is 0 Å². The van der Waals surface area contributed by atoms with E-state index in [-0.39, 0.29) is 30.9 Å². The number of hydrazone groups is 1.